The van der Waals surface area contributed by atoms with Gasteiger partial charge in [-0.25, -0.2) is 4.36 Å². The Morgan fingerprint density at radius 2 is 1.36 bits per heavy atom. The molecule has 0 radical (unpaired) electrons. The summed E-state index contributed by atoms with van der Waals surface area (Å²) in [6.07, 6.45) is 0.682. The molecule has 1 amide bonds. The monoisotopic (exact) mass is 387 g/mol. The van der Waals surface area contributed by atoms with E-state index in [9.17, 15) is 4.79 Å². The van der Waals surface area contributed by atoms with Crippen molar-refractivity contribution in [3.63, 3.8) is 0 Å². The Bertz CT molecular complexity index is 1000. The van der Waals surface area contributed by atoms with Crippen LogP contribution in [0.5, 0.6) is 0 Å². The van der Waals surface area contributed by atoms with Crippen molar-refractivity contribution in [1.29, 1.82) is 5.41 Å². The molecule has 3 aromatic carbocycles. The first-order valence-corrected chi connectivity index (χ1v) is 10.4. The summed E-state index contributed by atoms with van der Waals surface area (Å²) >= 11 is 0. The molecule has 2 unspecified atom stereocenters. The smallest absolute Gasteiger partial charge is 0.280 e. The third-order valence-corrected chi connectivity index (χ3v) is 6.62. The number of carbonyl (C=O) groups excluding carboxylic acids is 1. The van der Waals surface area contributed by atoms with E-state index >= 15 is 0 Å². The molecular formula is C23H21N3OS. The molecule has 0 saturated carbocycles. The maximum Gasteiger partial charge on any atom is 0.280 e. The van der Waals surface area contributed by atoms with Gasteiger partial charge in [0.05, 0.1) is 11.1 Å². The van der Waals surface area contributed by atoms with Gasteiger partial charge in [-0.1, -0.05) is 78.9 Å². The van der Waals surface area contributed by atoms with Gasteiger partial charge in [-0.15, -0.1) is 0 Å². The summed E-state index contributed by atoms with van der Waals surface area (Å²) in [7, 11) is -0.810. The number of amides is 1. The van der Waals surface area contributed by atoms with Gasteiger partial charge in [-0.3, -0.25) is 10.2 Å². The van der Waals surface area contributed by atoms with Crippen LogP contribution in [0, 0.1) is 5.41 Å². The standard InChI is InChI=1S/C23H21N3OS/c24-22-23(27)26(17-19-12-6-2-7-13-19)21(16-18-10-4-1-5-11-18)28(22)25-20-14-8-3-9-15-20/h1-15,21,24H,16-17H2. The molecule has 5 heteroatoms. The van der Waals surface area contributed by atoms with Crippen molar-refractivity contribution in [2.45, 2.75) is 18.3 Å². The number of hydrogen-bond acceptors (Lipinski definition) is 3. The molecule has 0 aliphatic carbocycles. The van der Waals surface area contributed by atoms with Crippen LogP contribution in [0.2, 0.25) is 0 Å². The molecule has 1 saturated heterocycles. The molecule has 4 nitrogen and oxygen atoms in total. The molecule has 1 fully saturated rings. The second-order valence-electron chi connectivity index (χ2n) is 6.63. The highest BCUT2D eigenvalue weighted by molar-refractivity contribution is 8.05. The van der Waals surface area contributed by atoms with Gasteiger partial charge in [0.25, 0.3) is 5.91 Å². The van der Waals surface area contributed by atoms with Crippen molar-refractivity contribution in [3.05, 3.63) is 102 Å². The average Bonchev–Trinajstić information content (AvgIpc) is 2.95. The van der Waals surface area contributed by atoms with E-state index in [0.717, 1.165) is 16.8 Å². The van der Waals surface area contributed by atoms with Crippen LogP contribution in [0.15, 0.2) is 95.4 Å². The predicted molar refractivity (Wildman–Crippen MR) is 115 cm³/mol. The zero-order valence-electron chi connectivity index (χ0n) is 15.4. The fourth-order valence-corrected chi connectivity index (χ4v) is 5.17. The summed E-state index contributed by atoms with van der Waals surface area (Å²) in [5, 5.41) is 8.43. The van der Waals surface area contributed by atoms with Gasteiger partial charge in [0, 0.05) is 13.0 Å². The summed E-state index contributed by atoms with van der Waals surface area (Å²) in [4.78, 5) is 14.8. The molecule has 1 aliphatic rings. The van der Waals surface area contributed by atoms with Crippen molar-refractivity contribution in [3.8, 4) is 0 Å². The van der Waals surface area contributed by atoms with Crippen LogP contribution in [0.25, 0.3) is 0 Å². The third kappa shape index (κ3) is 3.94. The molecule has 140 valence electrons. The van der Waals surface area contributed by atoms with Crippen LogP contribution in [-0.4, -0.2) is 21.2 Å². The molecular weight excluding hydrogens is 366 g/mol. The molecule has 1 heterocycles. The molecule has 0 spiro atoms. The van der Waals surface area contributed by atoms with Gasteiger partial charge in [0.2, 0.25) is 0 Å². The maximum absolute atomic E-state index is 13.0. The second kappa shape index (κ2) is 8.31. The minimum Gasteiger partial charge on any atom is -0.319 e. The Hall–Kier alpha value is -3.05. The lowest BCUT2D eigenvalue weighted by molar-refractivity contribution is -0.124. The number of nitrogens with zero attached hydrogens (tertiary/aromatic N) is 2. The molecule has 3 aromatic rings. The first-order chi connectivity index (χ1) is 13.7. The highest BCUT2D eigenvalue weighted by atomic mass is 32.2. The molecule has 28 heavy (non-hydrogen) atoms. The van der Waals surface area contributed by atoms with E-state index in [1.54, 1.807) is 0 Å². The van der Waals surface area contributed by atoms with Gasteiger partial charge >= 0.3 is 0 Å². The molecule has 0 bridgehead atoms. The van der Waals surface area contributed by atoms with Crippen molar-refractivity contribution in [2.24, 2.45) is 4.36 Å². The van der Waals surface area contributed by atoms with Crippen LogP contribution in [0.4, 0.5) is 5.69 Å². The largest absolute Gasteiger partial charge is 0.319 e. The number of hydrogen-bond donors (Lipinski definition) is 1. The Morgan fingerprint density at radius 1 is 0.821 bits per heavy atom. The maximum atomic E-state index is 13.0. The van der Waals surface area contributed by atoms with Gasteiger partial charge < -0.3 is 4.90 Å². The van der Waals surface area contributed by atoms with E-state index < -0.39 is 10.7 Å². The van der Waals surface area contributed by atoms with Crippen LogP contribution in [0.3, 0.4) is 0 Å². The number of nitrogens with one attached hydrogen (secondary N) is 1. The normalized spacial score (nSPS) is 19.4. The van der Waals surface area contributed by atoms with E-state index in [2.05, 4.69) is 12.1 Å². The van der Waals surface area contributed by atoms with E-state index in [-0.39, 0.29) is 16.3 Å². The van der Waals surface area contributed by atoms with Crippen LogP contribution < -0.4 is 0 Å². The summed E-state index contributed by atoms with van der Waals surface area (Å²) in [5.74, 6) is -0.215. The fraction of sp³-hybridized carbons (Fsp3) is 0.130. The Balaban J connectivity index is 1.72. The quantitative estimate of drug-likeness (QED) is 0.677. The lowest BCUT2D eigenvalue weighted by atomic mass is 10.1. The van der Waals surface area contributed by atoms with Gasteiger partial charge in [0.15, 0.2) is 5.04 Å². The zero-order valence-corrected chi connectivity index (χ0v) is 16.2. The highest BCUT2D eigenvalue weighted by Crippen LogP contribution is 2.27. The molecule has 0 aromatic heterocycles. The minimum absolute atomic E-state index is 0.0979. The summed E-state index contributed by atoms with van der Waals surface area (Å²) in [5.41, 5.74) is 3.02. The minimum atomic E-state index is -0.810. The van der Waals surface area contributed by atoms with Crippen molar-refractivity contribution < 1.29 is 4.79 Å². The summed E-state index contributed by atoms with van der Waals surface area (Å²) in [6.45, 7) is 0.493. The predicted octanol–water partition coefficient (Wildman–Crippen LogP) is 4.71. The van der Waals surface area contributed by atoms with E-state index in [1.165, 1.54) is 0 Å². The molecule has 1 N–H and O–H groups in total. The first-order valence-electron chi connectivity index (χ1n) is 9.20. The zero-order chi connectivity index (χ0) is 19.3. The average molecular weight is 388 g/mol. The SMILES string of the molecule is N=C1C(=O)N(Cc2ccccc2)C(Cc2ccccc2)S1=Nc1ccccc1. The molecule has 1 aliphatic heterocycles. The van der Waals surface area contributed by atoms with Crippen molar-refractivity contribution in [2.75, 3.05) is 0 Å². The highest BCUT2D eigenvalue weighted by Gasteiger charge is 2.40. The van der Waals surface area contributed by atoms with Crippen LogP contribution >= 0.6 is 0 Å². The van der Waals surface area contributed by atoms with Gasteiger partial charge in [-0.05, 0) is 34.0 Å². The second-order valence-corrected chi connectivity index (χ2v) is 8.40. The van der Waals surface area contributed by atoms with E-state index in [0.29, 0.717) is 13.0 Å². The number of carbonyl (C=O) groups is 1. The molecule has 4 rings (SSSR count). The number of benzene rings is 3. The summed E-state index contributed by atoms with van der Waals surface area (Å²) < 4.78 is 4.80. The third-order valence-electron chi connectivity index (χ3n) is 4.68. The molecule has 2 atom stereocenters. The first kappa shape index (κ1) is 18.3. The van der Waals surface area contributed by atoms with Crippen molar-refractivity contribution >= 4 is 27.3 Å². The fourth-order valence-electron chi connectivity index (χ4n) is 3.27. The van der Waals surface area contributed by atoms with Gasteiger partial charge in [-0.2, -0.15) is 0 Å². The Morgan fingerprint density at radius 3 is 1.96 bits per heavy atom. The van der Waals surface area contributed by atoms with Gasteiger partial charge in [0.1, 0.15) is 0 Å². The van der Waals surface area contributed by atoms with E-state index in [4.69, 9.17) is 9.77 Å². The lowest BCUT2D eigenvalue weighted by Gasteiger charge is -2.24. The topological polar surface area (TPSA) is 56.5 Å². The summed E-state index contributed by atoms with van der Waals surface area (Å²) in [6, 6.07) is 29.7. The Labute approximate surface area is 167 Å². The lowest BCUT2D eigenvalue weighted by Crippen LogP contribution is -2.35. The van der Waals surface area contributed by atoms with Crippen molar-refractivity contribution in [1.82, 2.24) is 4.90 Å². The van der Waals surface area contributed by atoms with Crippen LogP contribution in [-0.2, 0) is 28.5 Å². The number of rotatable bonds is 5. The van der Waals surface area contributed by atoms with E-state index in [1.807, 2.05) is 83.8 Å². The Kier molecular flexibility index (Phi) is 5.44. The van der Waals surface area contributed by atoms with Crippen LogP contribution in [0.1, 0.15) is 11.1 Å².